The highest BCUT2D eigenvalue weighted by Crippen LogP contribution is 2.22. The molecule has 0 aromatic carbocycles. The fourth-order valence-corrected chi connectivity index (χ4v) is 2.61. The van der Waals surface area contributed by atoms with E-state index in [-0.39, 0.29) is 6.10 Å². The van der Waals surface area contributed by atoms with E-state index in [9.17, 15) is 0 Å². The Morgan fingerprint density at radius 3 is 3.10 bits per heavy atom. The van der Waals surface area contributed by atoms with E-state index in [1.165, 1.54) is 5.69 Å². The number of hydrogen-bond acceptors (Lipinski definition) is 4. The molecule has 1 atom stereocenters. The molecule has 1 fully saturated rings. The van der Waals surface area contributed by atoms with Gasteiger partial charge in [-0.15, -0.1) is 0 Å². The Morgan fingerprint density at radius 1 is 1.35 bits per heavy atom. The molecule has 5 nitrogen and oxygen atoms in total. The summed E-state index contributed by atoms with van der Waals surface area (Å²) in [6.07, 6.45) is 7.66. The third-order valence-corrected chi connectivity index (χ3v) is 3.73. The fourth-order valence-electron chi connectivity index (χ4n) is 2.61. The number of pyridine rings is 1. The molecular weight excluding hydrogens is 252 g/mol. The van der Waals surface area contributed by atoms with E-state index >= 15 is 0 Å². The van der Waals surface area contributed by atoms with E-state index in [2.05, 4.69) is 32.4 Å². The van der Waals surface area contributed by atoms with Crippen LogP contribution in [0, 0.1) is 0 Å². The third-order valence-electron chi connectivity index (χ3n) is 3.73. The van der Waals surface area contributed by atoms with Crippen molar-refractivity contribution in [3.63, 3.8) is 0 Å². The summed E-state index contributed by atoms with van der Waals surface area (Å²) in [5, 5.41) is 0. The maximum Gasteiger partial charge on any atom is 0.0967 e. The molecule has 0 radical (unpaired) electrons. The number of rotatable bonds is 4. The fraction of sp³-hybridized carbons (Fsp3) is 0.467. The number of hydrogen-bond donors (Lipinski definition) is 0. The summed E-state index contributed by atoms with van der Waals surface area (Å²) < 4.78 is 8.05. The first-order chi connectivity index (χ1) is 9.86. The average molecular weight is 272 g/mol. The minimum Gasteiger partial charge on any atom is -0.371 e. The van der Waals surface area contributed by atoms with Crippen molar-refractivity contribution in [1.82, 2.24) is 19.4 Å². The van der Waals surface area contributed by atoms with Gasteiger partial charge < -0.3 is 9.30 Å². The van der Waals surface area contributed by atoms with E-state index in [0.29, 0.717) is 0 Å². The molecule has 0 saturated carbocycles. The van der Waals surface area contributed by atoms with Gasteiger partial charge in [0.2, 0.25) is 0 Å². The molecule has 0 amide bonds. The molecule has 2 aromatic rings. The highest BCUT2D eigenvalue weighted by atomic mass is 16.5. The van der Waals surface area contributed by atoms with Crippen LogP contribution >= 0.6 is 0 Å². The molecule has 1 saturated heterocycles. The first-order valence-electron chi connectivity index (χ1n) is 7.09. The highest BCUT2D eigenvalue weighted by Gasteiger charge is 2.22. The van der Waals surface area contributed by atoms with Crippen LogP contribution < -0.4 is 0 Å². The Hall–Kier alpha value is -1.72. The van der Waals surface area contributed by atoms with Crippen LogP contribution in [-0.2, 0) is 17.8 Å². The topological polar surface area (TPSA) is 43.2 Å². The highest BCUT2D eigenvalue weighted by molar-refractivity contribution is 5.13. The van der Waals surface area contributed by atoms with E-state index in [1.807, 2.05) is 24.8 Å². The van der Waals surface area contributed by atoms with Gasteiger partial charge in [-0.1, -0.05) is 6.07 Å². The van der Waals surface area contributed by atoms with Crippen LogP contribution in [0.25, 0.3) is 0 Å². The lowest BCUT2D eigenvalue weighted by Gasteiger charge is -2.33. The summed E-state index contributed by atoms with van der Waals surface area (Å²) in [6.45, 7) is 6.66. The normalized spacial score (nSPS) is 20.1. The van der Waals surface area contributed by atoms with Gasteiger partial charge in [-0.3, -0.25) is 9.88 Å². The lowest BCUT2D eigenvalue weighted by Crippen LogP contribution is -2.38. The summed E-state index contributed by atoms with van der Waals surface area (Å²) in [6, 6.07) is 4.04. The summed E-state index contributed by atoms with van der Waals surface area (Å²) in [4.78, 5) is 10.8. The van der Waals surface area contributed by atoms with Gasteiger partial charge in [-0.2, -0.15) is 0 Å². The van der Waals surface area contributed by atoms with Crippen molar-refractivity contribution in [3.8, 4) is 0 Å². The molecule has 0 spiro atoms. The molecule has 20 heavy (non-hydrogen) atoms. The SMILES string of the molecule is CCn1cncc1CN1CCOC(c2cccnc2)C1. The zero-order chi connectivity index (χ0) is 13.8. The van der Waals surface area contributed by atoms with Crippen molar-refractivity contribution in [1.29, 1.82) is 0 Å². The number of ether oxygens (including phenoxy) is 1. The summed E-state index contributed by atoms with van der Waals surface area (Å²) in [7, 11) is 0. The second-order valence-electron chi connectivity index (χ2n) is 5.05. The lowest BCUT2D eigenvalue weighted by atomic mass is 10.1. The van der Waals surface area contributed by atoms with Crippen LogP contribution in [0.2, 0.25) is 0 Å². The molecule has 0 bridgehead atoms. The monoisotopic (exact) mass is 272 g/mol. The number of aromatic nitrogens is 3. The van der Waals surface area contributed by atoms with Gasteiger partial charge in [0, 0.05) is 50.3 Å². The maximum absolute atomic E-state index is 5.87. The second kappa shape index (κ2) is 6.15. The number of imidazole rings is 1. The van der Waals surface area contributed by atoms with E-state index in [1.54, 1.807) is 6.20 Å². The van der Waals surface area contributed by atoms with Crippen molar-refractivity contribution < 1.29 is 4.74 Å². The molecule has 2 aromatic heterocycles. The van der Waals surface area contributed by atoms with E-state index < -0.39 is 0 Å². The standard InChI is InChI=1S/C15H20N4O/c1-2-19-12-17-9-14(19)10-18-6-7-20-15(11-18)13-4-3-5-16-8-13/h3-5,8-9,12,15H,2,6-7,10-11H2,1H3. The van der Waals surface area contributed by atoms with Crippen LogP contribution in [0.1, 0.15) is 24.3 Å². The first kappa shape index (κ1) is 13.3. The third kappa shape index (κ3) is 2.89. The summed E-state index contributed by atoms with van der Waals surface area (Å²) in [5.41, 5.74) is 2.42. The maximum atomic E-state index is 5.87. The van der Waals surface area contributed by atoms with Crippen LogP contribution in [0.15, 0.2) is 37.1 Å². The Balaban J connectivity index is 1.67. The van der Waals surface area contributed by atoms with Gasteiger partial charge in [0.05, 0.1) is 24.7 Å². The van der Waals surface area contributed by atoms with Gasteiger partial charge in [-0.25, -0.2) is 4.98 Å². The summed E-state index contributed by atoms with van der Waals surface area (Å²) >= 11 is 0. The zero-order valence-electron chi connectivity index (χ0n) is 11.8. The van der Waals surface area contributed by atoms with E-state index in [0.717, 1.165) is 38.3 Å². The largest absolute Gasteiger partial charge is 0.371 e. The predicted molar refractivity (Wildman–Crippen MR) is 76.1 cm³/mol. The first-order valence-corrected chi connectivity index (χ1v) is 7.09. The Kier molecular flexibility index (Phi) is 4.08. The molecule has 1 unspecified atom stereocenters. The van der Waals surface area contributed by atoms with E-state index in [4.69, 9.17) is 4.74 Å². The molecule has 5 heteroatoms. The van der Waals surface area contributed by atoms with Gasteiger partial charge in [0.1, 0.15) is 0 Å². The van der Waals surface area contributed by atoms with Crippen LogP contribution in [0.3, 0.4) is 0 Å². The Labute approximate surface area is 119 Å². The van der Waals surface area contributed by atoms with Crippen molar-refractivity contribution in [3.05, 3.63) is 48.3 Å². The van der Waals surface area contributed by atoms with Crippen molar-refractivity contribution >= 4 is 0 Å². The molecule has 0 aliphatic carbocycles. The molecule has 3 rings (SSSR count). The quantitative estimate of drug-likeness (QED) is 0.852. The summed E-state index contributed by atoms with van der Waals surface area (Å²) in [5.74, 6) is 0. The molecule has 1 aliphatic heterocycles. The smallest absolute Gasteiger partial charge is 0.0967 e. The number of nitrogens with zero attached hydrogens (tertiary/aromatic N) is 4. The van der Waals surface area contributed by atoms with Crippen LogP contribution in [-0.4, -0.2) is 39.1 Å². The van der Waals surface area contributed by atoms with Crippen molar-refractivity contribution in [2.75, 3.05) is 19.7 Å². The van der Waals surface area contributed by atoms with Gasteiger partial charge in [0.25, 0.3) is 0 Å². The van der Waals surface area contributed by atoms with Crippen molar-refractivity contribution in [2.45, 2.75) is 26.1 Å². The zero-order valence-corrected chi connectivity index (χ0v) is 11.8. The Morgan fingerprint density at radius 2 is 2.30 bits per heavy atom. The number of aryl methyl sites for hydroxylation is 1. The minimum atomic E-state index is 0.121. The number of morpholine rings is 1. The van der Waals surface area contributed by atoms with Gasteiger partial charge in [0.15, 0.2) is 0 Å². The van der Waals surface area contributed by atoms with Gasteiger partial charge in [-0.05, 0) is 13.0 Å². The lowest BCUT2D eigenvalue weighted by molar-refractivity contribution is -0.0337. The van der Waals surface area contributed by atoms with Gasteiger partial charge >= 0.3 is 0 Å². The molecular formula is C15H20N4O. The minimum absolute atomic E-state index is 0.121. The van der Waals surface area contributed by atoms with Crippen LogP contribution in [0.4, 0.5) is 0 Å². The molecule has 1 aliphatic rings. The average Bonchev–Trinajstić information content (AvgIpc) is 2.96. The second-order valence-corrected chi connectivity index (χ2v) is 5.05. The molecule has 106 valence electrons. The molecule has 0 N–H and O–H groups in total. The molecule has 3 heterocycles. The van der Waals surface area contributed by atoms with Crippen LogP contribution in [0.5, 0.6) is 0 Å². The van der Waals surface area contributed by atoms with Crippen molar-refractivity contribution in [2.24, 2.45) is 0 Å². The predicted octanol–water partition coefficient (Wildman–Crippen LogP) is 1.87. The Bertz CT molecular complexity index is 540.